The summed E-state index contributed by atoms with van der Waals surface area (Å²) < 4.78 is 6.79. The van der Waals surface area contributed by atoms with E-state index < -0.39 is 0 Å². The molecular formula is C22H28N8O. The van der Waals surface area contributed by atoms with Gasteiger partial charge in [0.2, 0.25) is 0 Å². The SMILES string of the molecule is CN=C(/C=C(\N)C1CC1c1ccc(NCCOC)nc1)c1cc(C)c2nnc(C)n2n1. The van der Waals surface area contributed by atoms with Gasteiger partial charge in [-0.3, -0.25) is 4.99 Å². The summed E-state index contributed by atoms with van der Waals surface area (Å²) in [6.07, 6.45) is 4.87. The van der Waals surface area contributed by atoms with Crippen LogP contribution in [0.25, 0.3) is 5.65 Å². The zero-order valence-electron chi connectivity index (χ0n) is 18.3. The molecular weight excluding hydrogens is 392 g/mol. The highest BCUT2D eigenvalue weighted by Crippen LogP contribution is 2.50. The van der Waals surface area contributed by atoms with Crippen LogP contribution >= 0.6 is 0 Å². The topological polar surface area (TPSA) is 116 Å². The highest BCUT2D eigenvalue weighted by Gasteiger charge is 2.40. The third-order valence-electron chi connectivity index (χ3n) is 5.56. The molecule has 0 aromatic carbocycles. The summed E-state index contributed by atoms with van der Waals surface area (Å²) in [6, 6.07) is 6.09. The normalized spacial score (nSPS) is 19.1. The van der Waals surface area contributed by atoms with Gasteiger partial charge in [-0.2, -0.15) is 9.61 Å². The first-order chi connectivity index (χ1) is 15.0. The number of allylic oxidation sites excluding steroid dienone is 2. The number of nitrogens with zero attached hydrogens (tertiary/aromatic N) is 6. The van der Waals surface area contributed by atoms with Gasteiger partial charge in [0, 0.05) is 38.5 Å². The number of hydrogen-bond acceptors (Lipinski definition) is 8. The van der Waals surface area contributed by atoms with Gasteiger partial charge in [-0.25, -0.2) is 4.98 Å². The lowest BCUT2D eigenvalue weighted by Gasteiger charge is -2.07. The molecule has 3 N–H and O–H groups in total. The number of methoxy groups -OCH3 is 1. The van der Waals surface area contributed by atoms with Gasteiger partial charge in [0.25, 0.3) is 0 Å². The van der Waals surface area contributed by atoms with Crippen LogP contribution in [0.5, 0.6) is 0 Å². The number of anilines is 1. The molecule has 3 aromatic heterocycles. The number of nitrogens with one attached hydrogen (secondary N) is 1. The van der Waals surface area contributed by atoms with Crippen LogP contribution in [0.15, 0.2) is 41.2 Å². The fraction of sp³-hybridized carbons (Fsp3) is 0.409. The second-order valence-electron chi connectivity index (χ2n) is 7.79. The molecule has 0 aliphatic heterocycles. The lowest BCUT2D eigenvalue weighted by molar-refractivity contribution is 0.210. The van der Waals surface area contributed by atoms with E-state index in [1.54, 1.807) is 18.7 Å². The summed E-state index contributed by atoms with van der Waals surface area (Å²) in [5.74, 6) is 2.25. The number of aryl methyl sites for hydroxylation is 2. The molecule has 2 atom stereocenters. The minimum absolute atomic E-state index is 0.285. The first-order valence-electron chi connectivity index (χ1n) is 10.3. The van der Waals surface area contributed by atoms with E-state index in [1.165, 1.54) is 5.56 Å². The number of aromatic nitrogens is 5. The fourth-order valence-corrected chi connectivity index (χ4v) is 3.71. The lowest BCUT2D eigenvalue weighted by atomic mass is 10.1. The predicted molar refractivity (Wildman–Crippen MR) is 120 cm³/mol. The van der Waals surface area contributed by atoms with E-state index in [4.69, 9.17) is 10.5 Å². The van der Waals surface area contributed by atoms with Crippen LogP contribution in [-0.4, -0.2) is 57.8 Å². The van der Waals surface area contributed by atoms with Crippen LogP contribution in [0.3, 0.4) is 0 Å². The van der Waals surface area contributed by atoms with Crippen molar-refractivity contribution < 1.29 is 4.74 Å². The van der Waals surface area contributed by atoms with Crippen LogP contribution in [0.2, 0.25) is 0 Å². The molecule has 0 bridgehead atoms. The Morgan fingerprint density at radius 1 is 1.35 bits per heavy atom. The fourth-order valence-electron chi connectivity index (χ4n) is 3.71. The average Bonchev–Trinajstić information content (AvgIpc) is 3.49. The number of hydrogen-bond donors (Lipinski definition) is 2. The number of ether oxygens (including phenoxy) is 1. The van der Waals surface area contributed by atoms with Gasteiger partial charge in [0.05, 0.1) is 12.3 Å². The molecule has 162 valence electrons. The van der Waals surface area contributed by atoms with Crippen molar-refractivity contribution in [3.63, 3.8) is 0 Å². The van der Waals surface area contributed by atoms with Crippen LogP contribution in [0, 0.1) is 19.8 Å². The van der Waals surface area contributed by atoms with Crippen LogP contribution in [0.1, 0.15) is 35.0 Å². The smallest absolute Gasteiger partial charge is 0.180 e. The molecule has 1 saturated carbocycles. The second kappa shape index (κ2) is 8.81. The Hall–Kier alpha value is -3.33. The molecule has 0 amide bonds. The molecule has 1 aliphatic carbocycles. The van der Waals surface area contributed by atoms with Crippen molar-refractivity contribution in [2.24, 2.45) is 16.6 Å². The summed E-state index contributed by atoms with van der Waals surface area (Å²) in [5.41, 5.74) is 11.7. The first-order valence-corrected chi connectivity index (χ1v) is 10.3. The van der Waals surface area contributed by atoms with Crippen molar-refractivity contribution in [1.82, 2.24) is 24.8 Å². The molecule has 3 aromatic rings. The molecule has 1 fully saturated rings. The van der Waals surface area contributed by atoms with Crippen molar-refractivity contribution in [3.05, 3.63) is 58.8 Å². The molecule has 3 heterocycles. The van der Waals surface area contributed by atoms with E-state index in [2.05, 4.69) is 36.7 Å². The Bertz CT molecular complexity index is 1130. The van der Waals surface area contributed by atoms with Gasteiger partial charge >= 0.3 is 0 Å². The summed E-state index contributed by atoms with van der Waals surface area (Å²) in [4.78, 5) is 8.92. The van der Waals surface area contributed by atoms with Crippen molar-refractivity contribution in [2.45, 2.75) is 26.2 Å². The quantitative estimate of drug-likeness (QED) is 0.424. The number of pyridine rings is 1. The standard InChI is InChI=1S/C22H28N8O/c1-13-9-20(29-30-14(2)27-28-22(13)30)19(24-3)11-18(23)17-10-16(17)15-5-6-21(26-12-15)25-7-8-31-4/h5-6,9,11-12,16-17H,7-8,10,23H2,1-4H3,(H,25,26)/b18-11-,24-19?. The van der Waals surface area contributed by atoms with Gasteiger partial charge in [0.1, 0.15) is 11.5 Å². The van der Waals surface area contributed by atoms with E-state index in [-0.39, 0.29) is 5.92 Å². The summed E-state index contributed by atoms with van der Waals surface area (Å²) >= 11 is 0. The molecule has 4 rings (SSSR count). The lowest BCUT2D eigenvalue weighted by Crippen LogP contribution is -2.11. The predicted octanol–water partition coefficient (Wildman–Crippen LogP) is 2.26. The Balaban J connectivity index is 1.47. The Labute approximate surface area is 181 Å². The Morgan fingerprint density at radius 2 is 2.19 bits per heavy atom. The number of fused-ring (bicyclic) bond motifs is 1. The molecule has 1 aliphatic rings. The highest BCUT2D eigenvalue weighted by molar-refractivity contribution is 6.07. The first kappa shape index (κ1) is 20.9. The summed E-state index contributed by atoms with van der Waals surface area (Å²) in [7, 11) is 3.44. The molecule has 2 unspecified atom stereocenters. The van der Waals surface area contributed by atoms with Crippen molar-refractivity contribution in [3.8, 4) is 0 Å². The van der Waals surface area contributed by atoms with Gasteiger partial charge in [-0.15, -0.1) is 10.2 Å². The zero-order chi connectivity index (χ0) is 22.0. The number of rotatable bonds is 8. The Morgan fingerprint density at radius 3 is 2.90 bits per heavy atom. The highest BCUT2D eigenvalue weighted by atomic mass is 16.5. The van der Waals surface area contributed by atoms with Crippen LogP contribution in [0.4, 0.5) is 5.82 Å². The van der Waals surface area contributed by atoms with Gasteiger partial charge < -0.3 is 15.8 Å². The van der Waals surface area contributed by atoms with Gasteiger partial charge in [-0.05, 0) is 55.5 Å². The molecule has 31 heavy (non-hydrogen) atoms. The molecule has 0 radical (unpaired) electrons. The molecule has 9 heteroatoms. The average molecular weight is 421 g/mol. The third kappa shape index (κ3) is 4.41. The third-order valence-corrected chi connectivity index (χ3v) is 5.56. The Kier molecular flexibility index (Phi) is 5.94. The van der Waals surface area contributed by atoms with E-state index in [0.29, 0.717) is 12.5 Å². The maximum absolute atomic E-state index is 6.47. The summed E-state index contributed by atoms with van der Waals surface area (Å²) in [6.45, 7) is 5.25. The minimum Gasteiger partial charge on any atom is -0.402 e. The maximum atomic E-state index is 6.47. The second-order valence-corrected chi connectivity index (χ2v) is 7.79. The van der Waals surface area contributed by atoms with E-state index in [1.807, 2.05) is 38.3 Å². The largest absolute Gasteiger partial charge is 0.402 e. The van der Waals surface area contributed by atoms with Crippen molar-refractivity contribution in [1.29, 1.82) is 0 Å². The monoisotopic (exact) mass is 420 g/mol. The van der Waals surface area contributed by atoms with Crippen LogP contribution in [-0.2, 0) is 4.74 Å². The maximum Gasteiger partial charge on any atom is 0.180 e. The van der Waals surface area contributed by atoms with Crippen LogP contribution < -0.4 is 11.1 Å². The van der Waals surface area contributed by atoms with E-state index in [9.17, 15) is 0 Å². The van der Waals surface area contributed by atoms with Crippen molar-refractivity contribution >= 4 is 17.2 Å². The van der Waals surface area contributed by atoms with Gasteiger partial charge in [0.15, 0.2) is 11.5 Å². The van der Waals surface area contributed by atoms with Gasteiger partial charge in [-0.1, -0.05) is 6.07 Å². The van der Waals surface area contributed by atoms with Crippen molar-refractivity contribution in [2.75, 3.05) is 32.6 Å². The summed E-state index contributed by atoms with van der Waals surface area (Å²) in [5, 5.41) is 16.2. The van der Waals surface area contributed by atoms with E-state index >= 15 is 0 Å². The zero-order valence-corrected chi connectivity index (χ0v) is 18.3. The number of nitrogens with two attached hydrogens (primary N) is 1. The molecule has 9 nitrogen and oxygen atoms in total. The molecule has 0 spiro atoms. The number of aliphatic imine (C=N–C) groups is 1. The van der Waals surface area contributed by atoms with E-state index in [0.717, 1.165) is 52.9 Å². The minimum atomic E-state index is 0.285. The molecule has 0 saturated heterocycles.